The van der Waals surface area contributed by atoms with Crippen LogP contribution in [0.1, 0.15) is 20.3 Å². The van der Waals surface area contributed by atoms with Crippen molar-refractivity contribution in [1.29, 1.82) is 0 Å². The lowest BCUT2D eigenvalue weighted by atomic mass is 10.0. The fourth-order valence-corrected chi connectivity index (χ4v) is 0.941. The van der Waals surface area contributed by atoms with Crippen LogP contribution in [0, 0.1) is 0 Å². The fraction of sp³-hybridized carbons (Fsp3) is 0.889. The standard InChI is InChI=1S/C9H17F2NO3/c1-3-4-12-9(2,8(13)14)6-15-5-7(10)11/h7,12H,3-6H2,1-2H3,(H,13,14). The summed E-state index contributed by atoms with van der Waals surface area (Å²) < 4.78 is 28.2. The van der Waals surface area contributed by atoms with Crippen molar-refractivity contribution < 1.29 is 23.4 Å². The Hall–Kier alpha value is -0.750. The lowest BCUT2D eigenvalue weighted by Crippen LogP contribution is -2.53. The van der Waals surface area contributed by atoms with Crippen LogP contribution in [0.4, 0.5) is 8.78 Å². The smallest absolute Gasteiger partial charge is 0.326 e. The molecule has 0 saturated heterocycles. The number of aliphatic carboxylic acids is 1. The largest absolute Gasteiger partial charge is 0.480 e. The number of alkyl halides is 2. The predicted octanol–water partition coefficient (Wildman–Crippen LogP) is 1.11. The fourth-order valence-electron chi connectivity index (χ4n) is 0.941. The third-order valence-corrected chi connectivity index (χ3v) is 1.87. The number of ether oxygens (including phenoxy) is 1. The lowest BCUT2D eigenvalue weighted by molar-refractivity contribution is -0.147. The molecular weight excluding hydrogens is 208 g/mol. The van der Waals surface area contributed by atoms with Crippen molar-refractivity contribution in [1.82, 2.24) is 5.32 Å². The highest BCUT2D eigenvalue weighted by Gasteiger charge is 2.32. The summed E-state index contributed by atoms with van der Waals surface area (Å²) in [5.41, 5.74) is -1.30. The molecule has 0 bridgehead atoms. The minimum absolute atomic E-state index is 0.271. The number of halogens is 2. The Labute approximate surface area is 87.6 Å². The first kappa shape index (κ1) is 14.2. The van der Waals surface area contributed by atoms with Crippen LogP contribution in [0.3, 0.4) is 0 Å². The molecule has 0 heterocycles. The van der Waals surface area contributed by atoms with E-state index in [4.69, 9.17) is 5.11 Å². The highest BCUT2D eigenvalue weighted by molar-refractivity contribution is 5.78. The monoisotopic (exact) mass is 225 g/mol. The maximum Gasteiger partial charge on any atom is 0.326 e. The molecule has 0 rings (SSSR count). The molecule has 1 atom stereocenters. The number of rotatable bonds is 8. The maximum absolute atomic E-state index is 11.8. The van der Waals surface area contributed by atoms with Gasteiger partial charge in [0.1, 0.15) is 12.1 Å². The molecule has 1 unspecified atom stereocenters. The van der Waals surface area contributed by atoms with Crippen molar-refractivity contribution in [3.05, 3.63) is 0 Å². The summed E-state index contributed by atoms with van der Waals surface area (Å²) in [7, 11) is 0. The van der Waals surface area contributed by atoms with Crippen molar-refractivity contribution >= 4 is 5.97 Å². The maximum atomic E-state index is 11.8. The molecule has 0 spiro atoms. The molecule has 0 aliphatic rings. The molecule has 0 aliphatic carbocycles. The molecule has 15 heavy (non-hydrogen) atoms. The zero-order valence-electron chi connectivity index (χ0n) is 8.93. The molecule has 6 heteroatoms. The van der Waals surface area contributed by atoms with Gasteiger partial charge in [0.05, 0.1) is 6.61 Å². The van der Waals surface area contributed by atoms with Gasteiger partial charge >= 0.3 is 5.97 Å². The van der Waals surface area contributed by atoms with E-state index >= 15 is 0 Å². The van der Waals surface area contributed by atoms with E-state index < -0.39 is 24.5 Å². The van der Waals surface area contributed by atoms with Gasteiger partial charge in [0.25, 0.3) is 6.43 Å². The van der Waals surface area contributed by atoms with Gasteiger partial charge in [-0.15, -0.1) is 0 Å². The minimum atomic E-state index is -2.57. The third kappa shape index (κ3) is 5.64. The number of carboxylic acid groups (broad SMARTS) is 1. The predicted molar refractivity (Wildman–Crippen MR) is 51.2 cm³/mol. The van der Waals surface area contributed by atoms with Gasteiger partial charge in [0.15, 0.2) is 0 Å². The van der Waals surface area contributed by atoms with E-state index in [9.17, 15) is 13.6 Å². The first-order valence-corrected chi connectivity index (χ1v) is 4.76. The zero-order valence-corrected chi connectivity index (χ0v) is 8.93. The molecule has 0 aromatic carbocycles. The van der Waals surface area contributed by atoms with Crippen LogP contribution in [0.15, 0.2) is 0 Å². The summed E-state index contributed by atoms with van der Waals surface area (Å²) in [6, 6.07) is 0. The first-order valence-electron chi connectivity index (χ1n) is 4.76. The molecule has 2 N–H and O–H groups in total. The van der Waals surface area contributed by atoms with Crippen molar-refractivity contribution in [3.8, 4) is 0 Å². The van der Waals surface area contributed by atoms with E-state index in [-0.39, 0.29) is 6.61 Å². The Morgan fingerprint density at radius 1 is 1.60 bits per heavy atom. The van der Waals surface area contributed by atoms with Crippen LogP contribution in [-0.2, 0) is 9.53 Å². The average Bonchev–Trinajstić information content (AvgIpc) is 2.14. The van der Waals surface area contributed by atoms with Crippen LogP contribution in [0.25, 0.3) is 0 Å². The van der Waals surface area contributed by atoms with Gasteiger partial charge in [-0.1, -0.05) is 6.92 Å². The van der Waals surface area contributed by atoms with Gasteiger partial charge in [-0.3, -0.25) is 4.79 Å². The second-order valence-electron chi connectivity index (χ2n) is 3.47. The molecule has 90 valence electrons. The molecule has 0 saturated carbocycles. The Morgan fingerprint density at radius 2 is 2.20 bits per heavy atom. The van der Waals surface area contributed by atoms with E-state index in [1.54, 1.807) is 0 Å². The Balaban J connectivity index is 4.07. The molecule has 0 radical (unpaired) electrons. The summed E-state index contributed by atoms with van der Waals surface area (Å²) in [5.74, 6) is -1.11. The Kier molecular flexibility index (Phi) is 6.35. The highest BCUT2D eigenvalue weighted by atomic mass is 19.3. The Morgan fingerprint density at radius 3 is 2.60 bits per heavy atom. The normalized spacial score (nSPS) is 15.3. The van der Waals surface area contributed by atoms with Gasteiger partial charge in [-0.25, -0.2) is 8.78 Å². The van der Waals surface area contributed by atoms with E-state index in [2.05, 4.69) is 10.1 Å². The van der Waals surface area contributed by atoms with Crippen molar-refractivity contribution in [2.45, 2.75) is 32.2 Å². The van der Waals surface area contributed by atoms with Gasteiger partial charge in [-0.2, -0.15) is 0 Å². The summed E-state index contributed by atoms with van der Waals surface area (Å²) in [4.78, 5) is 10.9. The van der Waals surface area contributed by atoms with Gasteiger partial charge in [0.2, 0.25) is 0 Å². The first-order chi connectivity index (χ1) is 6.92. The number of carbonyl (C=O) groups is 1. The van der Waals surface area contributed by atoms with Crippen molar-refractivity contribution in [3.63, 3.8) is 0 Å². The Bertz CT molecular complexity index is 202. The molecular formula is C9H17F2NO3. The topological polar surface area (TPSA) is 58.6 Å². The summed E-state index contributed by atoms with van der Waals surface area (Å²) in [6.07, 6.45) is -1.81. The second kappa shape index (κ2) is 6.68. The van der Waals surface area contributed by atoms with E-state index in [0.29, 0.717) is 6.54 Å². The number of nitrogens with one attached hydrogen (secondary N) is 1. The highest BCUT2D eigenvalue weighted by Crippen LogP contribution is 2.06. The quantitative estimate of drug-likeness (QED) is 0.649. The molecule has 0 fully saturated rings. The second-order valence-corrected chi connectivity index (χ2v) is 3.47. The molecule has 4 nitrogen and oxygen atoms in total. The van der Waals surface area contributed by atoms with Gasteiger partial charge in [0, 0.05) is 0 Å². The van der Waals surface area contributed by atoms with Crippen LogP contribution >= 0.6 is 0 Å². The summed E-state index contributed by atoms with van der Waals surface area (Å²) in [5, 5.41) is 11.6. The van der Waals surface area contributed by atoms with Crippen LogP contribution in [0.2, 0.25) is 0 Å². The zero-order chi connectivity index (χ0) is 11.9. The van der Waals surface area contributed by atoms with Gasteiger partial charge < -0.3 is 15.2 Å². The van der Waals surface area contributed by atoms with Crippen LogP contribution in [0.5, 0.6) is 0 Å². The van der Waals surface area contributed by atoms with E-state index in [1.165, 1.54) is 6.92 Å². The molecule has 0 aromatic rings. The summed E-state index contributed by atoms with van der Waals surface area (Å²) in [6.45, 7) is 2.79. The van der Waals surface area contributed by atoms with Gasteiger partial charge in [-0.05, 0) is 19.9 Å². The van der Waals surface area contributed by atoms with Crippen LogP contribution in [-0.4, -0.2) is 42.8 Å². The third-order valence-electron chi connectivity index (χ3n) is 1.87. The summed E-state index contributed by atoms with van der Waals surface area (Å²) >= 11 is 0. The number of hydrogen-bond donors (Lipinski definition) is 2. The average molecular weight is 225 g/mol. The lowest BCUT2D eigenvalue weighted by Gasteiger charge is -2.25. The molecule has 0 aliphatic heterocycles. The van der Waals surface area contributed by atoms with E-state index in [0.717, 1.165) is 6.42 Å². The van der Waals surface area contributed by atoms with Crippen molar-refractivity contribution in [2.24, 2.45) is 0 Å². The number of carboxylic acids is 1. The minimum Gasteiger partial charge on any atom is -0.480 e. The number of hydrogen-bond acceptors (Lipinski definition) is 3. The van der Waals surface area contributed by atoms with Crippen molar-refractivity contribution in [2.75, 3.05) is 19.8 Å². The molecule has 0 amide bonds. The van der Waals surface area contributed by atoms with E-state index in [1.807, 2.05) is 6.92 Å². The SMILES string of the molecule is CCCNC(C)(COCC(F)F)C(=O)O. The molecule has 0 aromatic heterocycles. The van der Waals surface area contributed by atoms with Crippen LogP contribution < -0.4 is 5.32 Å².